The third-order valence-electron chi connectivity index (χ3n) is 4.16. The van der Waals surface area contributed by atoms with Crippen molar-refractivity contribution in [3.05, 3.63) is 0 Å². The molecule has 0 radical (unpaired) electrons. The number of hydrogen-bond acceptors (Lipinski definition) is 2. The van der Waals surface area contributed by atoms with Crippen molar-refractivity contribution >= 4 is 0 Å². The van der Waals surface area contributed by atoms with Gasteiger partial charge in [-0.05, 0) is 37.6 Å². The maximum absolute atomic E-state index is 6.16. The monoisotopic (exact) mass is 255 g/mol. The van der Waals surface area contributed by atoms with Crippen molar-refractivity contribution in [3.8, 4) is 0 Å². The Morgan fingerprint density at radius 3 is 2.17 bits per heavy atom. The summed E-state index contributed by atoms with van der Waals surface area (Å²) in [5.74, 6) is 0.752. The first-order valence-corrected chi connectivity index (χ1v) is 7.85. The van der Waals surface area contributed by atoms with Gasteiger partial charge in [0.25, 0.3) is 0 Å². The molecule has 0 amide bonds. The maximum Gasteiger partial charge on any atom is 0.0761 e. The number of ether oxygens (including phenoxy) is 1. The number of nitrogens with one attached hydrogen (secondary N) is 1. The highest BCUT2D eigenvalue weighted by Crippen LogP contribution is 2.34. The van der Waals surface area contributed by atoms with E-state index in [-0.39, 0.29) is 5.41 Å². The fourth-order valence-electron chi connectivity index (χ4n) is 3.29. The van der Waals surface area contributed by atoms with Crippen molar-refractivity contribution < 1.29 is 4.74 Å². The third-order valence-corrected chi connectivity index (χ3v) is 4.16. The fourth-order valence-corrected chi connectivity index (χ4v) is 3.29. The Labute approximate surface area is 114 Å². The maximum atomic E-state index is 6.16. The molecule has 0 aliphatic heterocycles. The minimum Gasteiger partial charge on any atom is -0.377 e. The zero-order chi connectivity index (χ0) is 13.6. The summed E-state index contributed by atoms with van der Waals surface area (Å²) in [5, 5.41) is 3.68. The van der Waals surface area contributed by atoms with Gasteiger partial charge in [-0.2, -0.15) is 0 Å². The summed E-state index contributed by atoms with van der Waals surface area (Å²) in [4.78, 5) is 0. The van der Waals surface area contributed by atoms with Gasteiger partial charge in [-0.3, -0.25) is 0 Å². The van der Waals surface area contributed by atoms with Crippen molar-refractivity contribution in [3.63, 3.8) is 0 Å². The van der Waals surface area contributed by atoms with Gasteiger partial charge in [0.15, 0.2) is 0 Å². The molecule has 1 aliphatic carbocycles. The van der Waals surface area contributed by atoms with Crippen LogP contribution in [0.2, 0.25) is 0 Å². The molecule has 0 aromatic heterocycles. The van der Waals surface area contributed by atoms with Crippen molar-refractivity contribution in [1.82, 2.24) is 5.32 Å². The van der Waals surface area contributed by atoms with E-state index in [1.807, 2.05) is 0 Å². The molecule has 0 heterocycles. The van der Waals surface area contributed by atoms with Crippen molar-refractivity contribution in [2.24, 2.45) is 11.3 Å². The lowest BCUT2D eigenvalue weighted by Gasteiger charge is -2.42. The van der Waals surface area contributed by atoms with E-state index < -0.39 is 0 Å². The normalized spacial score (nSPS) is 21.8. The van der Waals surface area contributed by atoms with Crippen LogP contribution in [0, 0.1) is 11.3 Å². The molecular formula is C16H33NO. The van der Waals surface area contributed by atoms with Crippen LogP contribution in [0.25, 0.3) is 0 Å². The molecule has 18 heavy (non-hydrogen) atoms. The number of rotatable bonds is 6. The van der Waals surface area contributed by atoms with Crippen molar-refractivity contribution in [1.29, 1.82) is 0 Å². The first-order chi connectivity index (χ1) is 8.50. The number of likely N-dealkylation sites (N-methyl/N-ethyl adjacent to an activating group) is 1. The topological polar surface area (TPSA) is 21.3 Å². The largest absolute Gasteiger partial charge is 0.377 e. The van der Waals surface area contributed by atoms with Gasteiger partial charge in [0, 0.05) is 12.6 Å². The van der Waals surface area contributed by atoms with Crippen LogP contribution >= 0.6 is 0 Å². The Kier molecular flexibility index (Phi) is 6.65. The lowest BCUT2D eigenvalue weighted by Crippen LogP contribution is -2.53. The van der Waals surface area contributed by atoms with Crippen LogP contribution in [-0.4, -0.2) is 25.3 Å². The Balaban J connectivity index is 2.77. The van der Waals surface area contributed by atoms with E-state index in [1.165, 1.54) is 32.1 Å². The van der Waals surface area contributed by atoms with Crippen LogP contribution in [-0.2, 0) is 4.74 Å². The molecule has 1 rings (SSSR count). The van der Waals surface area contributed by atoms with Gasteiger partial charge in [0.2, 0.25) is 0 Å². The standard InChI is InChI=1S/C16H33NO/c1-6-17-15(16(3,4)5)14(18-7-2)13-11-9-8-10-12-13/h13-15,17H,6-12H2,1-5H3. The quantitative estimate of drug-likeness (QED) is 0.774. The first kappa shape index (κ1) is 16.0. The van der Waals surface area contributed by atoms with Crippen LogP contribution in [0.4, 0.5) is 0 Å². The van der Waals surface area contributed by atoms with Crippen LogP contribution in [0.1, 0.15) is 66.7 Å². The summed E-state index contributed by atoms with van der Waals surface area (Å²) in [5.41, 5.74) is 0.257. The fraction of sp³-hybridized carbons (Fsp3) is 1.00. The molecule has 1 aliphatic rings. The minimum absolute atomic E-state index is 0.257. The van der Waals surface area contributed by atoms with E-state index in [4.69, 9.17) is 4.74 Å². The molecule has 0 bridgehead atoms. The average molecular weight is 255 g/mol. The second-order valence-corrected chi connectivity index (χ2v) is 6.72. The van der Waals surface area contributed by atoms with Gasteiger partial charge >= 0.3 is 0 Å². The highest BCUT2D eigenvalue weighted by Gasteiger charge is 2.37. The van der Waals surface area contributed by atoms with Gasteiger partial charge in [-0.15, -0.1) is 0 Å². The van der Waals surface area contributed by atoms with E-state index in [1.54, 1.807) is 0 Å². The molecule has 0 aromatic rings. The van der Waals surface area contributed by atoms with E-state index >= 15 is 0 Å². The van der Waals surface area contributed by atoms with Gasteiger partial charge in [0.1, 0.15) is 0 Å². The Hall–Kier alpha value is -0.0800. The number of hydrogen-bond donors (Lipinski definition) is 1. The summed E-state index contributed by atoms with van der Waals surface area (Å²) in [6.45, 7) is 13.2. The van der Waals surface area contributed by atoms with Gasteiger partial charge in [-0.1, -0.05) is 47.0 Å². The highest BCUT2D eigenvalue weighted by atomic mass is 16.5. The highest BCUT2D eigenvalue weighted by molar-refractivity contribution is 4.91. The van der Waals surface area contributed by atoms with Crippen LogP contribution < -0.4 is 5.32 Å². The molecule has 108 valence electrons. The van der Waals surface area contributed by atoms with Crippen LogP contribution in [0.5, 0.6) is 0 Å². The Bertz CT molecular complexity index is 216. The predicted octanol–water partition coefficient (Wildman–Crippen LogP) is 4.00. The summed E-state index contributed by atoms with van der Waals surface area (Å²) < 4.78 is 6.16. The minimum atomic E-state index is 0.257. The summed E-state index contributed by atoms with van der Waals surface area (Å²) in [7, 11) is 0. The molecule has 1 N–H and O–H groups in total. The summed E-state index contributed by atoms with van der Waals surface area (Å²) >= 11 is 0. The average Bonchev–Trinajstić information content (AvgIpc) is 2.33. The van der Waals surface area contributed by atoms with E-state index in [0.717, 1.165) is 19.1 Å². The Morgan fingerprint density at radius 1 is 1.11 bits per heavy atom. The lowest BCUT2D eigenvalue weighted by molar-refractivity contribution is -0.0426. The molecule has 2 unspecified atom stereocenters. The molecule has 2 atom stereocenters. The summed E-state index contributed by atoms with van der Waals surface area (Å²) in [6, 6.07) is 0.463. The second kappa shape index (κ2) is 7.49. The van der Waals surface area contributed by atoms with Gasteiger partial charge < -0.3 is 10.1 Å². The molecule has 1 saturated carbocycles. The second-order valence-electron chi connectivity index (χ2n) is 6.72. The third kappa shape index (κ3) is 4.55. The van der Waals surface area contributed by atoms with E-state index in [0.29, 0.717) is 12.1 Å². The van der Waals surface area contributed by atoms with E-state index in [2.05, 4.69) is 39.9 Å². The van der Waals surface area contributed by atoms with Crippen molar-refractivity contribution in [2.45, 2.75) is 78.9 Å². The van der Waals surface area contributed by atoms with Gasteiger partial charge in [-0.25, -0.2) is 0 Å². The molecule has 2 heteroatoms. The smallest absolute Gasteiger partial charge is 0.0761 e. The summed E-state index contributed by atoms with van der Waals surface area (Å²) in [6.07, 6.45) is 7.27. The van der Waals surface area contributed by atoms with Crippen LogP contribution in [0.15, 0.2) is 0 Å². The SMILES string of the molecule is CCNC(C(OCC)C1CCCCC1)C(C)(C)C. The molecular weight excluding hydrogens is 222 g/mol. The zero-order valence-electron chi connectivity index (χ0n) is 13.1. The predicted molar refractivity (Wildman–Crippen MR) is 78.9 cm³/mol. The molecule has 0 spiro atoms. The van der Waals surface area contributed by atoms with Crippen LogP contribution in [0.3, 0.4) is 0 Å². The molecule has 2 nitrogen and oxygen atoms in total. The van der Waals surface area contributed by atoms with Crippen molar-refractivity contribution in [2.75, 3.05) is 13.2 Å². The molecule has 1 fully saturated rings. The molecule has 0 aromatic carbocycles. The molecule has 0 saturated heterocycles. The lowest BCUT2D eigenvalue weighted by atomic mass is 9.74. The first-order valence-electron chi connectivity index (χ1n) is 7.85. The van der Waals surface area contributed by atoms with Gasteiger partial charge in [0.05, 0.1) is 6.10 Å². The Morgan fingerprint density at radius 2 is 1.72 bits per heavy atom. The zero-order valence-corrected chi connectivity index (χ0v) is 13.1. The van der Waals surface area contributed by atoms with E-state index in [9.17, 15) is 0 Å².